The summed E-state index contributed by atoms with van der Waals surface area (Å²) < 4.78 is 51.3. The molecule has 10 nitrogen and oxygen atoms in total. The molecule has 3 heterocycles. The molecule has 1 aliphatic heterocycles. The SMILES string of the molecule is CC(C)c1noc(C2CCN(c3nsnc3C(=O)Nc3ccc(S(C)(=O)=O)cc3F)CC2)n1. The summed E-state index contributed by atoms with van der Waals surface area (Å²) in [6.45, 7) is 5.25. The number of sulfone groups is 1. The molecule has 0 atom stereocenters. The van der Waals surface area contributed by atoms with Gasteiger partial charge in [0, 0.05) is 31.2 Å². The number of rotatable bonds is 6. The monoisotopic (exact) mass is 494 g/mol. The van der Waals surface area contributed by atoms with E-state index in [2.05, 4.69) is 24.2 Å². The van der Waals surface area contributed by atoms with Gasteiger partial charge in [0.1, 0.15) is 5.82 Å². The fourth-order valence-electron chi connectivity index (χ4n) is 3.53. The Morgan fingerprint density at radius 2 is 2.00 bits per heavy atom. The largest absolute Gasteiger partial charge is 0.354 e. The molecule has 1 N–H and O–H groups in total. The van der Waals surface area contributed by atoms with Gasteiger partial charge in [-0.15, -0.1) is 0 Å². The number of anilines is 2. The summed E-state index contributed by atoms with van der Waals surface area (Å²) in [5.74, 6) is 0.595. The molecule has 1 saturated heterocycles. The zero-order chi connectivity index (χ0) is 23.8. The highest BCUT2D eigenvalue weighted by Crippen LogP contribution is 2.31. The Morgan fingerprint density at radius 3 is 2.61 bits per heavy atom. The van der Waals surface area contributed by atoms with E-state index in [0.29, 0.717) is 30.6 Å². The quantitative estimate of drug-likeness (QED) is 0.548. The third-order valence-corrected chi connectivity index (χ3v) is 7.05. The van der Waals surface area contributed by atoms with Crippen LogP contribution in [0.25, 0.3) is 0 Å². The second kappa shape index (κ2) is 9.14. The van der Waals surface area contributed by atoms with E-state index in [9.17, 15) is 17.6 Å². The van der Waals surface area contributed by atoms with E-state index in [0.717, 1.165) is 36.9 Å². The Bertz CT molecular complexity index is 1270. The van der Waals surface area contributed by atoms with Gasteiger partial charge in [0.15, 0.2) is 27.2 Å². The van der Waals surface area contributed by atoms with E-state index in [1.54, 1.807) is 0 Å². The van der Waals surface area contributed by atoms with Crippen LogP contribution in [-0.4, -0.2) is 52.6 Å². The van der Waals surface area contributed by atoms with Gasteiger partial charge in [-0.2, -0.15) is 13.7 Å². The average Bonchev–Trinajstić information content (AvgIpc) is 3.45. The van der Waals surface area contributed by atoms with Crippen molar-refractivity contribution in [3.05, 3.63) is 41.4 Å². The standard InChI is InChI=1S/C20H23FN6O4S2/c1-11(2)17-23-20(31-24-17)12-6-8-27(9-7-12)18-16(25-32-26-18)19(28)22-15-5-4-13(10-14(15)21)33(3,29)30/h4-5,10-12H,6-9H2,1-3H3,(H,22,28). The number of hydrogen-bond acceptors (Lipinski definition) is 10. The number of carbonyl (C=O) groups excluding carboxylic acids is 1. The fourth-order valence-corrected chi connectivity index (χ4v) is 4.73. The first-order valence-corrected chi connectivity index (χ1v) is 13.0. The summed E-state index contributed by atoms with van der Waals surface area (Å²) >= 11 is 0.896. The number of nitrogens with one attached hydrogen (secondary N) is 1. The minimum atomic E-state index is -3.56. The molecule has 0 aliphatic carbocycles. The van der Waals surface area contributed by atoms with Gasteiger partial charge in [0.2, 0.25) is 5.89 Å². The van der Waals surface area contributed by atoms with Crippen LogP contribution >= 0.6 is 11.7 Å². The molecule has 0 radical (unpaired) electrons. The summed E-state index contributed by atoms with van der Waals surface area (Å²) in [6.07, 6.45) is 2.48. The summed E-state index contributed by atoms with van der Waals surface area (Å²) in [4.78, 5) is 19.0. The second-order valence-corrected chi connectivity index (χ2v) is 10.8. The normalized spacial score (nSPS) is 15.2. The third kappa shape index (κ3) is 5.03. The zero-order valence-electron chi connectivity index (χ0n) is 18.3. The summed E-state index contributed by atoms with van der Waals surface area (Å²) in [5, 5.41) is 6.48. The van der Waals surface area contributed by atoms with Gasteiger partial charge >= 0.3 is 0 Å². The molecule has 33 heavy (non-hydrogen) atoms. The molecule has 0 bridgehead atoms. The van der Waals surface area contributed by atoms with Crippen LogP contribution in [0.2, 0.25) is 0 Å². The van der Waals surface area contributed by atoms with Crippen molar-refractivity contribution in [2.24, 2.45) is 0 Å². The summed E-state index contributed by atoms with van der Waals surface area (Å²) in [7, 11) is -3.56. The van der Waals surface area contributed by atoms with Crippen molar-refractivity contribution >= 4 is 39.0 Å². The number of amides is 1. The Kier molecular flexibility index (Phi) is 6.43. The lowest BCUT2D eigenvalue weighted by Crippen LogP contribution is -2.34. The van der Waals surface area contributed by atoms with Crippen molar-refractivity contribution in [1.29, 1.82) is 0 Å². The molecule has 176 valence electrons. The molecule has 4 rings (SSSR count). The van der Waals surface area contributed by atoms with Gasteiger partial charge in [-0.1, -0.05) is 19.0 Å². The number of hydrogen-bond donors (Lipinski definition) is 1. The lowest BCUT2D eigenvalue weighted by atomic mass is 9.96. The van der Waals surface area contributed by atoms with Crippen LogP contribution in [-0.2, 0) is 9.84 Å². The van der Waals surface area contributed by atoms with Crippen molar-refractivity contribution in [1.82, 2.24) is 18.9 Å². The van der Waals surface area contributed by atoms with Crippen molar-refractivity contribution < 1.29 is 22.1 Å². The summed E-state index contributed by atoms with van der Waals surface area (Å²) in [6, 6.07) is 3.32. The van der Waals surface area contributed by atoms with Crippen LogP contribution in [0.5, 0.6) is 0 Å². The van der Waals surface area contributed by atoms with E-state index in [1.807, 2.05) is 18.7 Å². The van der Waals surface area contributed by atoms with Crippen molar-refractivity contribution in [3.8, 4) is 0 Å². The summed E-state index contributed by atoms with van der Waals surface area (Å²) in [5.41, 5.74) is -0.0488. The molecule has 1 fully saturated rings. The topological polar surface area (TPSA) is 131 Å². The average molecular weight is 495 g/mol. The zero-order valence-corrected chi connectivity index (χ0v) is 19.9. The molecule has 1 amide bonds. The molecule has 0 spiro atoms. The second-order valence-electron chi connectivity index (χ2n) is 8.21. The van der Waals surface area contributed by atoms with Crippen LogP contribution in [0.15, 0.2) is 27.6 Å². The molecule has 3 aromatic rings. The Morgan fingerprint density at radius 1 is 1.27 bits per heavy atom. The van der Waals surface area contributed by atoms with Gasteiger partial charge in [0.25, 0.3) is 5.91 Å². The highest BCUT2D eigenvalue weighted by molar-refractivity contribution is 7.90. The highest BCUT2D eigenvalue weighted by Gasteiger charge is 2.30. The van der Waals surface area contributed by atoms with Crippen molar-refractivity contribution in [3.63, 3.8) is 0 Å². The predicted octanol–water partition coefficient (Wildman–Crippen LogP) is 3.22. The van der Waals surface area contributed by atoms with E-state index >= 15 is 0 Å². The number of nitrogens with zero attached hydrogens (tertiary/aromatic N) is 5. The first-order chi connectivity index (χ1) is 15.6. The molecular formula is C20H23FN6O4S2. The fraction of sp³-hybridized carbons (Fsp3) is 0.450. The van der Waals surface area contributed by atoms with E-state index in [1.165, 1.54) is 12.1 Å². The maximum Gasteiger partial charge on any atom is 0.279 e. The Balaban J connectivity index is 1.43. The van der Waals surface area contributed by atoms with E-state index in [4.69, 9.17) is 4.52 Å². The smallest absolute Gasteiger partial charge is 0.279 e. The lowest BCUT2D eigenvalue weighted by molar-refractivity contribution is 0.102. The number of aromatic nitrogens is 4. The predicted molar refractivity (Wildman–Crippen MR) is 120 cm³/mol. The van der Waals surface area contributed by atoms with Gasteiger partial charge in [-0.3, -0.25) is 4.79 Å². The molecule has 2 aromatic heterocycles. The van der Waals surface area contributed by atoms with Crippen molar-refractivity contribution in [2.45, 2.75) is 43.4 Å². The van der Waals surface area contributed by atoms with Gasteiger partial charge in [-0.05, 0) is 31.0 Å². The molecular weight excluding hydrogens is 471 g/mol. The number of benzene rings is 1. The molecule has 0 saturated carbocycles. The van der Waals surface area contributed by atoms with Gasteiger partial charge in [0.05, 0.1) is 22.3 Å². The van der Waals surface area contributed by atoms with Crippen LogP contribution in [0, 0.1) is 5.82 Å². The van der Waals surface area contributed by atoms with Gasteiger partial charge < -0.3 is 14.7 Å². The van der Waals surface area contributed by atoms with Crippen LogP contribution in [0.4, 0.5) is 15.9 Å². The van der Waals surface area contributed by atoms with Gasteiger partial charge in [-0.25, -0.2) is 12.8 Å². The maximum absolute atomic E-state index is 14.4. The minimum Gasteiger partial charge on any atom is -0.354 e. The molecule has 1 aliphatic rings. The Hall–Kier alpha value is -2.93. The van der Waals surface area contributed by atoms with Crippen LogP contribution < -0.4 is 10.2 Å². The number of halogens is 1. The third-order valence-electron chi connectivity index (χ3n) is 5.42. The number of piperidine rings is 1. The number of carbonyl (C=O) groups is 1. The molecule has 13 heteroatoms. The first-order valence-electron chi connectivity index (χ1n) is 10.4. The molecule has 0 unspecified atom stereocenters. The Labute approximate surface area is 194 Å². The lowest BCUT2D eigenvalue weighted by Gasteiger charge is -2.30. The minimum absolute atomic E-state index is 0.0879. The van der Waals surface area contributed by atoms with Crippen LogP contribution in [0.3, 0.4) is 0 Å². The maximum atomic E-state index is 14.4. The van der Waals surface area contributed by atoms with Crippen LogP contribution in [0.1, 0.15) is 60.7 Å². The first kappa shape index (κ1) is 23.2. The molecule has 1 aromatic carbocycles. The van der Waals surface area contributed by atoms with E-state index < -0.39 is 21.6 Å². The highest BCUT2D eigenvalue weighted by atomic mass is 32.2. The van der Waals surface area contributed by atoms with E-state index in [-0.39, 0.29) is 28.1 Å². The van der Waals surface area contributed by atoms with Crippen molar-refractivity contribution in [2.75, 3.05) is 29.6 Å².